The number of alkyl halides is 3. The topological polar surface area (TPSA) is 58.6 Å². The third kappa shape index (κ3) is 4.35. The monoisotopic (exact) mass is 379 g/mol. The second-order valence-corrected chi connectivity index (χ2v) is 7.39. The molecule has 144 valence electrons. The van der Waals surface area contributed by atoms with Gasteiger partial charge in [-0.3, -0.25) is 0 Å². The number of benzene rings is 2. The zero-order valence-corrected chi connectivity index (χ0v) is 14.9. The molecule has 1 amide bonds. The number of hydrogen-bond acceptors (Lipinski definition) is 2. The first-order valence-corrected chi connectivity index (χ1v) is 8.47. The van der Waals surface area contributed by atoms with E-state index in [0.717, 1.165) is 28.7 Å². The van der Waals surface area contributed by atoms with E-state index in [4.69, 9.17) is 9.84 Å². The van der Waals surface area contributed by atoms with E-state index >= 15 is 0 Å². The predicted octanol–water partition coefficient (Wildman–Crippen LogP) is 5.19. The van der Waals surface area contributed by atoms with Crippen molar-refractivity contribution in [1.29, 1.82) is 0 Å². The fourth-order valence-corrected chi connectivity index (χ4v) is 3.54. The molecule has 2 N–H and O–H groups in total. The van der Waals surface area contributed by atoms with Crippen molar-refractivity contribution in [3.05, 3.63) is 53.6 Å². The Bertz CT molecular complexity index is 845. The van der Waals surface area contributed by atoms with Crippen LogP contribution in [0.25, 0.3) is 11.1 Å². The summed E-state index contributed by atoms with van der Waals surface area (Å²) in [4.78, 5) is 11.1. The Hall–Kier alpha value is -2.70. The fourth-order valence-electron chi connectivity index (χ4n) is 3.54. The number of rotatable bonds is 4. The van der Waals surface area contributed by atoms with Crippen molar-refractivity contribution in [2.75, 3.05) is 6.61 Å². The van der Waals surface area contributed by atoms with Crippen LogP contribution in [0.2, 0.25) is 0 Å². The molecule has 1 aliphatic rings. The van der Waals surface area contributed by atoms with Crippen LogP contribution in [0.4, 0.5) is 18.0 Å². The van der Waals surface area contributed by atoms with Crippen LogP contribution in [0.5, 0.6) is 5.75 Å². The Balaban J connectivity index is 1.81. The van der Waals surface area contributed by atoms with Crippen molar-refractivity contribution in [3.8, 4) is 16.9 Å². The van der Waals surface area contributed by atoms with Gasteiger partial charge in [-0.1, -0.05) is 44.2 Å². The molecular formula is C20H20F3NO3. The maximum Gasteiger partial charge on any atom is 0.422 e. The van der Waals surface area contributed by atoms with Gasteiger partial charge in [-0.05, 0) is 46.2 Å². The van der Waals surface area contributed by atoms with Crippen LogP contribution < -0.4 is 10.1 Å². The Labute approximate surface area is 155 Å². The van der Waals surface area contributed by atoms with Crippen molar-refractivity contribution < 1.29 is 27.8 Å². The lowest BCUT2D eigenvalue weighted by Crippen LogP contribution is -2.34. The van der Waals surface area contributed by atoms with E-state index in [2.05, 4.69) is 5.32 Å². The highest BCUT2D eigenvalue weighted by molar-refractivity contribution is 5.68. The molecule has 4 nitrogen and oxygen atoms in total. The lowest BCUT2D eigenvalue weighted by atomic mass is 9.85. The number of amides is 1. The van der Waals surface area contributed by atoms with Crippen LogP contribution in [0, 0.1) is 5.41 Å². The van der Waals surface area contributed by atoms with Crippen molar-refractivity contribution >= 4 is 6.09 Å². The number of hydrogen-bond donors (Lipinski definition) is 2. The molecule has 0 aliphatic heterocycles. The number of halogens is 3. The minimum Gasteiger partial charge on any atom is -0.484 e. The molecule has 27 heavy (non-hydrogen) atoms. The molecule has 0 heterocycles. The molecule has 3 rings (SSSR count). The van der Waals surface area contributed by atoms with Gasteiger partial charge in [0.25, 0.3) is 0 Å². The summed E-state index contributed by atoms with van der Waals surface area (Å²) in [6.45, 7) is 2.71. The fraction of sp³-hybridized carbons (Fsp3) is 0.350. The van der Waals surface area contributed by atoms with Gasteiger partial charge in [0.2, 0.25) is 0 Å². The van der Waals surface area contributed by atoms with Crippen LogP contribution >= 0.6 is 0 Å². The highest BCUT2D eigenvalue weighted by Crippen LogP contribution is 2.46. The van der Waals surface area contributed by atoms with Gasteiger partial charge in [-0.25, -0.2) is 4.79 Å². The summed E-state index contributed by atoms with van der Waals surface area (Å²) in [5.41, 5.74) is 3.55. The molecule has 0 saturated heterocycles. The van der Waals surface area contributed by atoms with Gasteiger partial charge in [-0.15, -0.1) is 0 Å². The first-order chi connectivity index (χ1) is 12.5. The van der Waals surface area contributed by atoms with Gasteiger partial charge >= 0.3 is 12.3 Å². The van der Waals surface area contributed by atoms with E-state index in [-0.39, 0.29) is 17.2 Å². The van der Waals surface area contributed by atoms with Gasteiger partial charge in [0, 0.05) is 0 Å². The lowest BCUT2D eigenvalue weighted by molar-refractivity contribution is -0.153. The zero-order chi connectivity index (χ0) is 19.8. The number of ether oxygens (including phenoxy) is 1. The first-order valence-electron chi connectivity index (χ1n) is 8.47. The smallest absolute Gasteiger partial charge is 0.422 e. The summed E-state index contributed by atoms with van der Waals surface area (Å²) in [6, 6.07) is 12.0. The van der Waals surface area contributed by atoms with Gasteiger partial charge in [0.15, 0.2) is 6.61 Å². The third-order valence-electron chi connectivity index (χ3n) is 4.74. The summed E-state index contributed by atoms with van der Waals surface area (Å²) in [5, 5.41) is 11.7. The standard InChI is InChI=1S/C20H20F3NO3/c1-19(2)10-14-9-13(5-8-16(14)17(19)24-18(25)26)12-3-6-15(7-4-12)27-11-20(21,22)23/h3-9,17,24H,10-11H2,1-2H3,(H,25,26). The Morgan fingerprint density at radius 3 is 2.41 bits per heavy atom. The number of fused-ring (bicyclic) bond motifs is 1. The molecule has 2 aromatic carbocycles. The number of nitrogens with one attached hydrogen (secondary N) is 1. The molecular weight excluding hydrogens is 359 g/mol. The molecule has 1 aliphatic carbocycles. The Morgan fingerprint density at radius 2 is 1.81 bits per heavy atom. The molecule has 0 fully saturated rings. The quantitative estimate of drug-likeness (QED) is 0.769. The Morgan fingerprint density at radius 1 is 1.19 bits per heavy atom. The van der Waals surface area contributed by atoms with E-state index in [1.165, 1.54) is 12.1 Å². The maximum absolute atomic E-state index is 12.2. The van der Waals surface area contributed by atoms with Crippen LogP contribution in [-0.2, 0) is 6.42 Å². The third-order valence-corrected chi connectivity index (χ3v) is 4.74. The van der Waals surface area contributed by atoms with E-state index < -0.39 is 18.9 Å². The number of carboxylic acid groups (broad SMARTS) is 1. The van der Waals surface area contributed by atoms with Crippen molar-refractivity contribution in [2.24, 2.45) is 5.41 Å². The van der Waals surface area contributed by atoms with Gasteiger partial charge in [0.1, 0.15) is 5.75 Å². The van der Waals surface area contributed by atoms with Crippen LogP contribution in [0.1, 0.15) is 31.0 Å². The zero-order valence-electron chi connectivity index (χ0n) is 14.9. The molecule has 7 heteroatoms. The predicted molar refractivity (Wildman–Crippen MR) is 94.8 cm³/mol. The molecule has 2 aromatic rings. The normalized spacial score (nSPS) is 18.0. The molecule has 0 aromatic heterocycles. The highest BCUT2D eigenvalue weighted by Gasteiger charge is 2.40. The minimum absolute atomic E-state index is 0.157. The highest BCUT2D eigenvalue weighted by atomic mass is 19.4. The van der Waals surface area contributed by atoms with E-state index in [9.17, 15) is 18.0 Å². The SMILES string of the molecule is CC1(C)Cc2cc(-c3ccc(OCC(F)(F)F)cc3)ccc2C1NC(=O)O. The molecule has 0 bridgehead atoms. The van der Waals surface area contributed by atoms with Crippen molar-refractivity contribution in [1.82, 2.24) is 5.32 Å². The largest absolute Gasteiger partial charge is 0.484 e. The summed E-state index contributed by atoms with van der Waals surface area (Å²) >= 11 is 0. The van der Waals surface area contributed by atoms with E-state index in [1.54, 1.807) is 12.1 Å². The average Bonchev–Trinajstić information content (AvgIpc) is 2.82. The second-order valence-electron chi connectivity index (χ2n) is 7.39. The molecule has 0 saturated carbocycles. The average molecular weight is 379 g/mol. The van der Waals surface area contributed by atoms with Crippen molar-refractivity contribution in [2.45, 2.75) is 32.5 Å². The summed E-state index contributed by atoms with van der Waals surface area (Å²) < 4.78 is 41.4. The Kier molecular flexibility index (Phi) is 4.80. The van der Waals surface area contributed by atoms with Gasteiger partial charge in [0.05, 0.1) is 6.04 Å². The van der Waals surface area contributed by atoms with Crippen LogP contribution in [0.15, 0.2) is 42.5 Å². The summed E-state index contributed by atoms with van der Waals surface area (Å²) in [6.07, 6.45) is -4.70. The molecule has 0 spiro atoms. The van der Waals surface area contributed by atoms with Crippen LogP contribution in [0.3, 0.4) is 0 Å². The van der Waals surface area contributed by atoms with Crippen LogP contribution in [-0.4, -0.2) is 24.0 Å². The van der Waals surface area contributed by atoms with Gasteiger partial charge in [-0.2, -0.15) is 13.2 Å². The van der Waals surface area contributed by atoms with Gasteiger partial charge < -0.3 is 15.2 Å². The van der Waals surface area contributed by atoms with E-state index in [1.807, 2.05) is 32.0 Å². The summed E-state index contributed by atoms with van der Waals surface area (Å²) in [7, 11) is 0. The molecule has 1 atom stereocenters. The van der Waals surface area contributed by atoms with E-state index in [0.29, 0.717) is 0 Å². The number of carbonyl (C=O) groups is 1. The van der Waals surface area contributed by atoms with Crippen molar-refractivity contribution in [3.63, 3.8) is 0 Å². The summed E-state index contributed by atoms with van der Waals surface area (Å²) in [5.74, 6) is 0.157. The maximum atomic E-state index is 12.2. The lowest BCUT2D eigenvalue weighted by Gasteiger charge is -2.27. The second kappa shape index (κ2) is 6.79. The molecule has 1 unspecified atom stereocenters. The minimum atomic E-state index is -4.37. The molecule has 0 radical (unpaired) electrons. The first kappa shape index (κ1) is 19.1.